The van der Waals surface area contributed by atoms with Gasteiger partial charge >= 0.3 is 0 Å². The molecule has 1 aliphatic heterocycles. The minimum atomic E-state index is 0.117. The van der Waals surface area contributed by atoms with Gasteiger partial charge in [-0.1, -0.05) is 12.1 Å². The maximum Gasteiger partial charge on any atom is 0.0682 e. The van der Waals surface area contributed by atoms with Gasteiger partial charge in [-0.05, 0) is 17.7 Å². The molecule has 1 N–H and O–H groups in total. The number of rotatable bonds is 2. The number of benzene rings is 1. The number of piperazine rings is 1. The molecule has 0 amide bonds. The fourth-order valence-electron chi connectivity index (χ4n) is 1.79. The predicted octanol–water partition coefficient (Wildman–Crippen LogP) is 1.61. The first kappa shape index (κ1) is 10.9. The van der Waals surface area contributed by atoms with Crippen molar-refractivity contribution in [1.29, 1.82) is 0 Å². The smallest absolute Gasteiger partial charge is 0.0682 e. The van der Waals surface area contributed by atoms with Crippen LogP contribution in [0.4, 0.5) is 5.69 Å². The molecule has 15 heavy (non-hydrogen) atoms. The molecule has 0 unspecified atom stereocenters. The Bertz CT molecular complexity index is 324. The van der Waals surface area contributed by atoms with Gasteiger partial charge in [0, 0.05) is 48.0 Å². The van der Waals surface area contributed by atoms with Crippen molar-refractivity contribution < 1.29 is 5.11 Å². The minimum absolute atomic E-state index is 0.117. The lowest BCUT2D eigenvalue weighted by Crippen LogP contribution is -2.42. The summed E-state index contributed by atoms with van der Waals surface area (Å²) < 4.78 is 2.15. The Morgan fingerprint density at radius 1 is 1.20 bits per heavy atom. The lowest BCUT2D eigenvalue weighted by Gasteiger charge is -2.33. The molecule has 0 saturated carbocycles. The van der Waals surface area contributed by atoms with Crippen LogP contribution >= 0.6 is 16.1 Å². The van der Waals surface area contributed by atoms with Gasteiger partial charge in [0.2, 0.25) is 0 Å². The number of aliphatic hydroxyl groups excluding tert-OH is 1. The van der Waals surface area contributed by atoms with Crippen molar-refractivity contribution in [3.63, 3.8) is 0 Å². The highest BCUT2D eigenvalue weighted by atomic mass is 79.9. The second-order valence-electron chi connectivity index (χ2n) is 3.72. The summed E-state index contributed by atoms with van der Waals surface area (Å²) in [5, 5.41) is 9.07. The standard InChI is InChI=1S/C11H15BrN2O/c12-14-6-4-13(5-7-14)11-3-1-2-10(8-11)9-15/h1-3,8,15H,4-7,9H2. The quantitative estimate of drug-likeness (QED) is 0.828. The molecule has 2 rings (SSSR count). The van der Waals surface area contributed by atoms with Crippen molar-refractivity contribution in [3.8, 4) is 0 Å². The van der Waals surface area contributed by atoms with E-state index in [0.29, 0.717) is 0 Å². The molecule has 1 fully saturated rings. The first-order valence-electron chi connectivity index (χ1n) is 5.15. The van der Waals surface area contributed by atoms with E-state index in [9.17, 15) is 0 Å². The number of nitrogens with zero attached hydrogens (tertiary/aromatic N) is 2. The van der Waals surface area contributed by atoms with Crippen LogP contribution in [0.3, 0.4) is 0 Å². The molecule has 3 nitrogen and oxygen atoms in total. The van der Waals surface area contributed by atoms with Crippen molar-refractivity contribution >= 4 is 21.8 Å². The van der Waals surface area contributed by atoms with Crippen LogP contribution in [0.15, 0.2) is 24.3 Å². The Morgan fingerprint density at radius 2 is 1.93 bits per heavy atom. The third kappa shape index (κ3) is 2.71. The molecule has 0 atom stereocenters. The average molecular weight is 271 g/mol. The van der Waals surface area contributed by atoms with Crippen LogP contribution < -0.4 is 4.90 Å². The molecule has 1 aromatic carbocycles. The molecule has 0 aromatic heterocycles. The average Bonchev–Trinajstić information content (AvgIpc) is 2.30. The molecular weight excluding hydrogens is 256 g/mol. The van der Waals surface area contributed by atoms with Gasteiger partial charge in [0.1, 0.15) is 0 Å². The van der Waals surface area contributed by atoms with Crippen LogP contribution in [0.25, 0.3) is 0 Å². The highest BCUT2D eigenvalue weighted by Gasteiger charge is 2.14. The highest BCUT2D eigenvalue weighted by molar-refractivity contribution is 9.07. The second-order valence-corrected chi connectivity index (χ2v) is 4.73. The van der Waals surface area contributed by atoms with E-state index in [2.05, 4.69) is 37.1 Å². The SMILES string of the molecule is OCc1cccc(N2CCN(Br)CC2)c1. The second kappa shape index (κ2) is 4.96. The molecule has 0 aliphatic carbocycles. The zero-order valence-electron chi connectivity index (χ0n) is 8.56. The molecule has 1 saturated heterocycles. The summed E-state index contributed by atoms with van der Waals surface area (Å²) in [5.41, 5.74) is 2.19. The van der Waals surface area contributed by atoms with Gasteiger partial charge in [-0.3, -0.25) is 0 Å². The molecule has 0 bridgehead atoms. The zero-order valence-corrected chi connectivity index (χ0v) is 10.2. The fourth-order valence-corrected chi connectivity index (χ4v) is 2.11. The van der Waals surface area contributed by atoms with E-state index in [4.69, 9.17) is 5.11 Å². The van der Waals surface area contributed by atoms with Gasteiger partial charge in [-0.15, -0.1) is 0 Å². The fraction of sp³-hybridized carbons (Fsp3) is 0.455. The molecule has 1 heterocycles. The lowest BCUT2D eigenvalue weighted by atomic mass is 10.2. The molecule has 4 heteroatoms. The van der Waals surface area contributed by atoms with Gasteiger partial charge in [0.25, 0.3) is 0 Å². The molecule has 1 aliphatic rings. The predicted molar refractivity (Wildman–Crippen MR) is 65.1 cm³/mol. The number of halogens is 1. The Balaban J connectivity index is 2.08. The Kier molecular flexibility index (Phi) is 3.61. The summed E-state index contributed by atoms with van der Waals surface area (Å²) in [7, 11) is 0. The maximum absolute atomic E-state index is 9.07. The lowest BCUT2D eigenvalue weighted by molar-refractivity contribution is 0.282. The van der Waals surface area contributed by atoms with Crippen LogP contribution in [0.5, 0.6) is 0 Å². The minimum Gasteiger partial charge on any atom is -0.392 e. The van der Waals surface area contributed by atoms with E-state index in [-0.39, 0.29) is 6.61 Å². The summed E-state index contributed by atoms with van der Waals surface area (Å²) in [6.07, 6.45) is 0. The van der Waals surface area contributed by atoms with Crippen LogP contribution in [-0.4, -0.2) is 35.2 Å². The molecule has 1 aromatic rings. The largest absolute Gasteiger partial charge is 0.392 e. The first-order valence-corrected chi connectivity index (χ1v) is 5.86. The van der Waals surface area contributed by atoms with E-state index in [1.54, 1.807) is 0 Å². The van der Waals surface area contributed by atoms with E-state index in [0.717, 1.165) is 31.7 Å². The Morgan fingerprint density at radius 3 is 2.60 bits per heavy atom. The zero-order chi connectivity index (χ0) is 10.7. The van der Waals surface area contributed by atoms with E-state index in [1.807, 2.05) is 12.1 Å². The van der Waals surface area contributed by atoms with Crippen LogP contribution in [-0.2, 0) is 6.61 Å². The number of hydrogen-bond donors (Lipinski definition) is 1. The molecule has 0 radical (unpaired) electrons. The normalized spacial score (nSPS) is 18.1. The van der Waals surface area contributed by atoms with Gasteiger partial charge in [0.15, 0.2) is 0 Å². The van der Waals surface area contributed by atoms with Crippen LogP contribution in [0, 0.1) is 0 Å². The number of anilines is 1. The summed E-state index contributed by atoms with van der Waals surface area (Å²) >= 11 is 3.48. The monoisotopic (exact) mass is 270 g/mol. The van der Waals surface area contributed by atoms with Crippen molar-refractivity contribution in [2.24, 2.45) is 0 Å². The van der Waals surface area contributed by atoms with Gasteiger partial charge in [-0.25, -0.2) is 3.93 Å². The number of aliphatic hydroxyl groups is 1. The van der Waals surface area contributed by atoms with E-state index in [1.165, 1.54) is 5.69 Å². The molecular formula is C11H15BrN2O. The van der Waals surface area contributed by atoms with Crippen molar-refractivity contribution in [3.05, 3.63) is 29.8 Å². The third-order valence-corrected chi connectivity index (χ3v) is 3.39. The van der Waals surface area contributed by atoms with E-state index < -0.39 is 0 Å². The first-order chi connectivity index (χ1) is 7.29. The number of hydrogen-bond acceptors (Lipinski definition) is 3. The summed E-state index contributed by atoms with van der Waals surface area (Å²) in [6, 6.07) is 8.11. The van der Waals surface area contributed by atoms with Crippen molar-refractivity contribution in [2.75, 3.05) is 31.1 Å². The molecule has 0 spiro atoms. The van der Waals surface area contributed by atoms with Gasteiger partial charge in [-0.2, -0.15) is 0 Å². The van der Waals surface area contributed by atoms with E-state index >= 15 is 0 Å². The topological polar surface area (TPSA) is 26.7 Å². The third-order valence-electron chi connectivity index (χ3n) is 2.68. The summed E-state index contributed by atoms with van der Waals surface area (Å²) in [4.78, 5) is 2.34. The van der Waals surface area contributed by atoms with Crippen molar-refractivity contribution in [2.45, 2.75) is 6.61 Å². The molecule has 82 valence electrons. The highest BCUT2D eigenvalue weighted by Crippen LogP contribution is 2.18. The van der Waals surface area contributed by atoms with Crippen LogP contribution in [0.2, 0.25) is 0 Å². The van der Waals surface area contributed by atoms with Gasteiger partial charge in [0.05, 0.1) is 6.61 Å². The summed E-state index contributed by atoms with van der Waals surface area (Å²) in [5.74, 6) is 0. The summed E-state index contributed by atoms with van der Waals surface area (Å²) in [6.45, 7) is 4.24. The maximum atomic E-state index is 9.07. The van der Waals surface area contributed by atoms with Crippen LogP contribution in [0.1, 0.15) is 5.56 Å². The van der Waals surface area contributed by atoms with Gasteiger partial charge < -0.3 is 10.0 Å². The Hall–Kier alpha value is -0.580. The van der Waals surface area contributed by atoms with Crippen molar-refractivity contribution in [1.82, 2.24) is 3.93 Å². The Labute approximate surface area is 98.6 Å².